The van der Waals surface area contributed by atoms with Crippen molar-refractivity contribution in [3.05, 3.63) is 40.6 Å². The molecular formula is C14H15N3O3. The van der Waals surface area contributed by atoms with Gasteiger partial charge < -0.3 is 10.1 Å². The van der Waals surface area contributed by atoms with Gasteiger partial charge in [0.25, 0.3) is 5.69 Å². The van der Waals surface area contributed by atoms with E-state index in [1.54, 1.807) is 24.4 Å². The third-order valence-corrected chi connectivity index (χ3v) is 3.54. The van der Waals surface area contributed by atoms with Gasteiger partial charge in [0.15, 0.2) is 5.52 Å². The summed E-state index contributed by atoms with van der Waals surface area (Å²) in [5.74, 6) is 1.16. The minimum Gasteiger partial charge on any atom is -0.493 e. The van der Waals surface area contributed by atoms with Crippen LogP contribution in [0.1, 0.15) is 6.42 Å². The summed E-state index contributed by atoms with van der Waals surface area (Å²) in [6.45, 7) is 2.61. The van der Waals surface area contributed by atoms with Crippen LogP contribution in [0.15, 0.2) is 30.5 Å². The Hall–Kier alpha value is -2.21. The van der Waals surface area contributed by atoms with E-state index in [0.717, 1.165) is 19.5 Å². The number of fused-ring (bicyclic) bond motifs is 1. The van der Waals surface area contributed by atoms with Crippen LogP contribution in [0, 0.1) is 16.0 Å². The lowest BCUT2D eigenvalue weighted by atomic mass is 10.1. The maximum atomic E-state index is 11.0. The zero-order valence-corrected chi connectivity index (χ0v) is 10.9. The van der Waals surface area contributed by atoms with Crippen molar-refractivity contribution >= 4 is 16.6 Å². The van der Waals surface area contributed by atoms with E-state index in [2.05, 4.69) is 10.3 Å². The molecule has 104 valence electrons. The summed E-state index contributed by atoms with van der Waals surface area (Å²) in [4.78, 5) is 14.7. The highest BCUT2D eigenvalue weighted by Gasteiger charge is 2.18. The average molecular weight is 273 g/mol. The first-order chi connectivity index (χ1) is 9.75. The molecule has 1 aromatic heterocycles. The van der Waals surface area contributed by atoms with Gasteiger partial charge in [-0.1, -0.05) is 0 Å². The van der Waals surface area contributed by atoms with Crippen molar-refractivity contribution in [3.8, 4) is 5.75 Å². The summed E-state index contributed by atoms with van der Waals surface area (Å²) in [6.07, 6.45) is 2.66. The molecule has 1 aliphatic rings. The molecule has 0 spiro atoms. The van der Waals surface area contributed by atoms with Crippen LogP contribution in [0.25, 0.3) is 10.9 Å². The minimum atomic E-state index is -0.417. The van der Waals surface area contributed by atoms with Gasteiger partial charge in [-0.05, 0) is 31.2 Å². The van der Waals surface area contributed by atoms with E-state index in [1.807, 2.05) is 0 Å². The Kier molecular flexibility index (Phi) is 3.47. The quantitative estimate of drug-likeness (QED) is 0.682. The van der Waals surface area contributed by atoms with Crippen molar-refractivity contribution in [2.75, 3.05) is 19.7 Å². The highest BCUT2D eigenvalue weighted by Crippen LogP contribution is 2.31. The molecule has 3 rings (SSSR count). The number of non-ortho nitro benzene ring substituents is 1. The second kappa shape index (κ2) is 5.42. The van der Waals surface area contributed by atoms with Crippen LogP contribution in [0.5, 0.6) is 5.75 Å². The number of pyridine rings is 1. The van der Waals surface area contributed by atoms with Gasteiger partial charge in [0.05, 0.1) is 11.5 Å². The van der Waals surface area contributed by atoms with Crippen LogP contribution in [-0.4, -0.2) is 29.6 Å². The number of benzene rings is 1. The number of nitrogens with one attached hydrogen (secondary N) is 1. The molecule has 1 aromatic carbocycles. The normalized spacial score (nSPS) is 18.3. The summed E-state index contributed by atoms with van der Waals surface area (Å²) >= 11 is 0. The Morgan fingerprint density at radius 3 is 3.10 bits per heavy atom. The largest absolute Gasteiger partial charge is 0.493 e. The van der Waals surface area contributed by atoms with Crippen LogP contribution >= 0.6 is 0 Å². The third-order valence-electron chi connectivity index (χ3n) is 3.54. The lowest BCUT2D eigenvalue weighted by molar-refractivity contribution is -0.383. The number of ether oxygens (including phenoxy) is 1. The Morgan fingerprint density at radius 2 is 2.35 bits per heavy atom. The Labute approximate surface area is 115 Å². The Morgan fingerprint density at radius 1 is 1.45 bits per heavy atom. The van der Waals surface area contributed by atoms with E-state index in [4.69, 9.17) is 4.74 Å². The number of nitro groups is 1. The topological polar surface area (TPSA) is 77.3 Å². The van der Waals surface area contributed by atoms with Crippen LogP contribution in [0.2, 0.25) is 0 Å². The van der Waals surface area contributed by atoms with Crippen molar-refractivity contribution in [1.82, 2.24) is 10.3 Å². The van der Waals surface area contributed by atoms with E-state index in [0.29, 0.717) is 29.2 Å². The van der Waals surface area contributed by atoms with Gasteiger partial charge in [-0.15, -0.1) is 0 Å². The number of hydrogen-bond acceptors (Lipinski definition) is 5. The highest BCUT2D eigenvalue weighted by atomic mass is 16.6. The summed E-state index contributed by atoms with van der Waals surface area (Å²) in [6, 6.07) is 6.68. The van der Waals surface area contributed by atoms with E-state index < -0.39 is 4.92 Å². The predicted octanol–water partition coefficient (Wildman–Crippen LogP) is 2.13. The molecule has 1 saturated heterocycles. The summed E-state index contributed by atoms with van der Waals surface area (Å²) < 4.78 is 5.84. The molecule has 0 bridgehead atoms. The van der Waals surface area contributed by atoms with E-state index in [9.17, 15) is 10.1 Å². The molecule has 0 aliphatic carbocycles. The zero-order valence-electron chi connectivity index (χ0n) is 10.9. The number of nitrogens with zero attached hydrogens (tertiary/aromatic N) is 2. The molecule has 1 N–H and O–H groups in total. The molecule has 0 radical (unpaired) electrons. The minimum absolute atomic E-state index is 0.00971. The zero-order chi connectivity index (χ0) is 13.9. The molecule has 6 nitrogen and oxygen atoms in total. The molecule has 2 heterocycles. The number of nitro benzene ring substituents is 1. The molecule has 6 heteroatoms. The van der Waals surface area contributed by atoms with Crippen LogP contribution in [0.3, 0.4) is 0 Å². The SMILES string of the molecule is O=[N+]([O-])c1ccc(OCC2CCNC2)c2cccnc12. The van der Waals surface area contributed by atoms with Crippen molar-refractivity contribution in [1.29, 1.82) is 0 Å². The molecule has 0 saturated carbocycles. The lowest BCUT2D eigenvalue weighted by Gasteiger charge is -2.12. The van der Waals surface area contributed by atoms with Gasteiger partial charge in [-0.2, -0.15) is 0 Å². The van der Waals surface area contributed by atoms with Crippen molar-refractivity contribution in [2.45, 2.75) is 6.42 Å². The van der Waals surface area contributed by atoms with Crippen LogP contribution in [0.4, 0.5) is 5.69 Å². The number of hydrogen-bond donors (Lipinski definition) is 1. The highest BCUT2D eigenvalue weighted by molar-refractivity contribution is 5.91. The fraction of sp³-hybridized carbons (Fsp3) is 0.357. The van der Waals surface area contributed by atoms with Crippen molar-refractivity contribution < 1.29 is 9.66 Å². The van der Waals surface area contributed by atoms with Gasteiger partial charge in [-0.3, -0.25) is 10.1 Å². The van der Waals surface area contributed by atoms with Crippen molar-refractivity contribution in [2.24, 2.45) is 5.92 Å². The summed E-state index contributed by atoms with van der Waals surface area (Å²) in [7, 11) is 0. The van der Waals surface area contributed by atoms with E-state index in [1.165, 1.54) is 6.07 Å². The van der Waals surface area contributed by atoms with Crippen molar-refractivity contribution in [3.63, 3.8) is 0 Å². The first kappa shape index (κ1) is 12.8. The van der Waals surface area contributed by atoms with Gasteiger partial charge >= 0.3 is 0 Å². The molecule has 1 atom stereocenters. The first-order valence-electron chi connectivity index (χ1n) is 6.61. The fourth-order valence-electron chi connectivity index (χ4n) is 2.47. The Balaban J connectivity index is 1.91. The second-order valence-corrected chi connectivity index (χ2v) is 4.91. The van der Waals surface area contributed by atoms with Gasteiger partial charge in [0.1, 0.15) is 5.75 Å². The van der Waals surface area contributed by atoms with Crippen LogP contribution < -0.4 is 10.1 Å². The molecule has 1 fully saturated rings. The molecular weight excluding hydrogens is 258 g/mol. The first-order valence-corrected chi connectivity index (χ1v) is 6.61. The second-order valence-electron chi connectivity index (χ2n) is 4.91. The van der Waals surface area contributed by atoms with Gasteiger partial charge in [-0.25, -0.2) is 4.98 Å². The van der Waals surface area contributed by atoms with Gasteiger partial charge in [0.2, 0.25) is 0 Å². The molecule has 1 unspecified atom stereocenters. The third kappa shape index (κ3) is 2.42. The number of rotatable bonds is 4. The maximum Gasteiger partial charge on any atom is 0.295 e. The molecule has 20 heavy (non-hydrogen) atoms. The van der Waals surface area contributed by atoms with E-state index >= 15 is 0 Å². The summed E-state index contributed by atoms with van der Waals surface area (Å²) in [5.41, 5.74) is 0.384. The molecule has 2 aromatic rings. The lowest BCUT2D eigenvalue weighted by Crippen LogP contribution is -2.15. The van der Waals surface area contributed by atoms with E-state index in [-0.39, 0.29) is 5.69 Å². The monoisotopic (exact) mass is 273 g/mol. The van der Waals surface area contributed by atoms with Gasteiger partial charge in [0, 0.05) is 30.1 Å². The maximum absolute atomic E-state index is 11.0. The fourth-order valence-corrected chi connectivity index (χ4v) is 2.47. The number of aromatic nitrogens is 1. The standard InChI is InChI=1S/C14H15N3O3/c18-17(19)12-3-4-13(11-2-1-6-16-14(11)12)20-9-10-5-7-15-8-10/h1-4,6,10,15H,5,7-9H2. The smallest absolute Gasteiger partial charge is 0.295 e. The Bertz CT molecular complexity index is 639. The predicted molar refractivity (Wildman–Crippen MR) is 74.9 cm³/mol. The average Bonchev–Trinajstić information content (AvgIpc) is 2.97. The molecule has 1 aliphatic heterocycles. The van der Waals surface area contributed by atoms with Crippen LogP contribution in [-0.2, 0) is 0 Å². The molecule has 0 amide bonds. The summed E-state index contributed by atoms with van der Waals surface area (Å²) in [5, 5.41) is 15.0.